The molecule has 12 heavy (non-hydrogen) atoms. The second-order valence-corrected chi connectivity index (χ2v) is 4.59. The van der Waals surface area contributed by atoms with E-state index in [-0.39, 0.29) is 5.75 Å². The van der Waals surface area contributed by atoms with Crippen LogP contribution in [0.25, 0.3) is 0 Å². The van der Waals surface area contributed by atoms with Crippen molar-refractivity contribution in [1.82, 2.24) is 0 Å². The van der Waals surface area contributed by atoms with Gasteiger partial charge in [-0.05, 0) is 12.8 Å². The van der Waals surface area contributed by atoms with E-state index in [4.69, 9.17) is 0 Å². The van der Waals surface area contributed by atoms with Gasteiger partial charge in [-0.1, -0.05) is 25.0 Å². The molecule has 0 aromatic carbocycles. The van der Waals surface area contributed by atoms with Crippen molar-refractivity contribution >= 4 is 10.1 Å². The van der Waals surface area contributed by atoms with Gasteiger partial charge in [0.05, 0.1) is 12.4 Å². The third kappa shape index (κ3) is 2.95. The van der Waals surface area contributed by atoms with Crippen molar-refractivity contribution in [3.63, 3.8) is 0 Å². The zero-order valence-electron chi connectivity index (χ0n) is 7.25. The summed E-state index contributed by atoms with van der Waals surface area (Å²) in [6.07, 6.45) is 4.59. The van der Waals surface area contributed by atoms with Crippen LogP contribution in [0.5, 0.6) is 0 Å². The summed E-state index contributed by atoms with van der Waals surface area (Å²) < 4.78 is 26.6. The third-order valence-corrected chi connectivity index (χ3v) is 2.93. The Morgan fingerprint density at radius 2 is 2.33 bits per heavy atom. The molecular weight excluding hydrogens is 176 g/mol. The van der Waals surface area contributed by atoms with E-state index >= 15 is 0 Å². The van der Waals surface area contributed by atoms with Gasteiger partial charge in [0.1, 0.15) is 0 Å². The maximum Gasteiger partial charge on any atom is 0.270 e. The molecule has 1 rings (SSSR count). The van der Waals surface area contributed by atoms with Crippen LogP contribution in [0.1, 0.15) is 26.2 Å². The topological polar surface area (TPSA) is 43.4 Å². The van der Waals surface area contributed by atoms with Gasteiger partial charge in [-0.3, -0.25) is 4.18 Å². The molecule has 0 saturated carbocycles. The van der Waals surface area contributed by atoms with Crippen LogP contribution >= 0.6 is 0 Å². The molecule has 0 radical (unpaired) electrons. The maximum absolute atomic E-state index is 11.0. The van der Waals surface area contributed by atoms with Gasteiger partial charge in [0.2, 0.25) is 0 Å². The first-order valence-electron chi connectivity index (χ1n) is 4.19. The van der Waals surface area contributed by atoms with E-state index in [9.17, 15) is 8.42 Å². The first kappa shape index (κ1) is 9.74. The Hall–Kier alpha value is -0.350. The molecule has 0 saturated heterocycles. The van der Waals surface area contributed by atoms with E-state index in [2.05, 4.69) is 11.1 Å². The minimum atomic E-state index is -3.25. The summed E-state index contributed by atoms with van der Waals surface area (Å²) in [6.45, 7) is 2.40. The smallest absolute Gasteiger partial charge is 0.270 e. The summed E-state index contributed by atoms with van der Waals surface area (Å²) in [6, 6.07) is 0. The minimum absolute atomic E-state index is 0.0440. The lowest BCUT2D eigenvalue weighted by molar-refractivity contribution is 0.325. The van der Waals surface area contributed by atoms with Gasteiger partial charge in [0.15, 0.2) is 0 Å². The molecule has 0 N–H and O–H groups in total. The number of hydrogen-bond acceptors (Lipinski definition) is 3. The van der Waals surface area contributed by atoms with Crippen molar-refractivity contribution in [2.45, 2.75) is 26.2 Å². The van der Waals surface area contributed by atoms with Crippen molar-refractivity contribution in [2.75, 3.05) is 12.4 Å². The molecule has 70 valence electrons. The fraction of sp³-hybridized carbons (Fsp3) is 0.750. The number of hydrogen-bond donors (Lipinski definition) is 0. The van der Waals surface area contributed by atoms with Gasteiger partial charge in [-0.15, -0.1) is 0 Å². The largest absolute Gasteiger partial charge is 0.270 e. The lowest BCUT2D eigenvalue weighted by atomic mass is 10.1. The van der Waals surface area contributed by atoms with Crippen LogP contribution in [0.3, 0.4) is 0 Å². The van der Waals surface area contributed by atoms with Gasteiger partial charge in [-0.25, -0.2) is 0 Å². The highest BCUT2D eigenvalue weighted by atomic mass is 32.2. The van der Waals surface area contributed by atoms with Crippen molar-refractivity contribution in [3.8, 4) is 0 Å². The van der Waals surface area contributed by atoms with Crippen LogP contribution in [-0.2, 0) is 14.3 Å². The highest BCUT2D eigenvalue weighted by Crippen LogP contribution is 2.14. The van der Waals surface area contributed by atoms with Gasteiger partial charge < -0.3 is 0 Å². The summed E-state index contributed by atoms with van der Waals surface area (Å²) >= 11 is 0. The molecular formula is C8H14O3S. The predicted molar refractivity (Wildman–Crippen MR) is 47.3 cm³/mol. The Balaban J connectivity index is 2.63. The average molecular weight is 190 g/mol. The highest BCUT2D eigenvalue weighted by molar-refractivity contribution is 7.86. The Labute approximate surface area is 73.5 Å². The first-order chi connectivity index (χ1) is 5.64. The Kier molecular flexibility index (Phi) is 3.29. The zero-order chi connectivity index (χ0) is 9.03. The standard InChI is InChI=1S/C8H14O3S/c1-2-3-8-4-6-11-12(9,10)7-5-8/h5H,2-4,6-7H2,1H3. The monoisotopic (exact) mass is 190 g/mol. The molecule has 0 spiro atoms. The van der Waals surface area contributed by atoms with E-state index in [1.807, 2.05) is 0 Å². The Morgan fingerprint density at radius 3 is 3.00 bits per heavy atom. The molecule has 0 aromatic rings. The SMILES string of the molecule is CCCC1=CCS(=O)(=O)OCC1. The van der Waals surface area contributed by atoms with E-state index in [1.54, 1.807) is 6.08 Å². The predicted octanol–water partition coefficient (Wildman–Crippen LogP) is 1.46. The third-order valence-electron chi connectivity index (χ3n) is 1.83. The molecule has 3 nitrogen and oxygen atoms in total. The first-order valence-corrected chi connectivity index (χ1v) is 5.77. The van der Waals surface area contributed by atoms with Crippen LogP contribution in [0, 0.1) is 0 Å². The lowest BCUT2D eigenvalue weighted by Crippen LogP contribution is -2.06. The molecule has 0 unspecified atom stereocenters. The summed E-state index contributed by atoms with van der Waals surface area (Å²) in [4.78, 5) is 0. The molecule has 0 aromatic heterocycles. The summed E-state index contributed by atoms with van der Waals surface area (Å²) in [5.74, 6) is 0.0440. The second kappa shape index (κ2) is 4.05. The second-order valence-electron chi connectivity index (χ2n) is 2.91. The summed E-state index contributed by atoms with van der Waals surface area (Å²) in [7, 11) is -3.25. The fourth-order valence-corrected chi connectivity index (χ4v) is 2.09. The van der Waals surface area contributed by atoms with Gasteiger partial charge in [-0.2, -0.15) is 8.42 Å². The van der Waals surface area contributed by atoms with Crippen LogP contribution in [0.15, 0.2) is 11.6 Å². The lowest BCUT2D eigenvalue weighted by Gasteiger charge is -1.99. The quantitative estimate of drug-likeness (QED) is 0.489. The maximum atomic E-state index is 11.0. The van der Waals surface area contributed by atoms with E-state index in [1.165, 1.54) is 5.57 Å². The molecule has 1 heterocycles. The normalized spacial score (nSPS) is 22.9. The fourth-order valence-electron chi connectivity index (χ4n) is 1.22. The summed E-state index contributed by atoms with van der Waals surface area (Å²) in [5.41, 5.74) is 1.21. The van der Waals surface area contributed by atoms with Crippen molar-refractivity contribution in [3.05, 3.63) is 11.6 Å². The number of rotatable bonds is 2. The molecule has 0 fully saturated rings. The molecule has 1 aliphatic heterocycles. The zero-order valence-corrected chi connectivity index (χ0v) is 8.06. The molecule has 4 heteroatoms. The molecule has 0 bridgehead atoms. The van der Waals surface area contributed by atoms with Crippen molar-refractivity contribution in [2.24, 2.45) is 0 Å². The van der Waals surface area contributed by atoms with Crippen LogP contribution in [0.4, 0.5) is 0 Å². The van der Waals surface area contributed by atoms with Crippen LogP contribution in [-0.4, -0.2) is 20.8 Å². The van der Waals surface area contributed by atoms with Gasteiger partial charge in [0, 0.05) is 0 Å². The van der Waals surface area contributed by atoms with Crippen molar-refractivity contribution in [1.29, 1.82) is 0 Å². The highest BCUT2D eigenvalue weighted by Gasteiger charge is 2.13. The van der Waals surface area contributed by atoms with Gasteiger partial charge in [0.25, 0.3) is 10.1 Å². The van der Waals surface area contributed by atoms with E-state index < -0.39 is 10.1 Å². The van der Waals surface area contributed by atoms with Crippen LogP contribution < -0.4 is 0 Å². The van der Waals surface area contributed by atoms with Crippen LogP contribution in [0.2, 0.25) is 0 Å². The molecule has 0 aliphatic carbocycles. The Morgan fingerprint density at radius 1 is 1.58 bits per heavy atom. The Bertz CT molecular complexity index is 264. The van der Waals surface area contributed by atoms with E-state index in [0.29, 0.717) is 6.61 Å². The molecule has 0 amide bonds. The average Bonchev–Trinajstić information content (AvgIpc) is 2.14. The van der Waals surface area contributed by atoms with E-state index in [0.717, 1.165) is 19.3 Å². The van der Waals surface area contributed by atoms with Crippen molar-refractivity contribution < 1.29 is 12.6 Å². The minimum Gasteiger partial charge on any atom is -0.270 e. The van der Waals surface area contributed by atoms with Gasteiger partial charge >= 0.3 is 0 Å². The molecule has 1 aliphatic rings. The summed E-state index contributed by atoms with van der Waals surface area (Å²) in [5, 5.41) is 0. The molecule has 0 atom stereocenters.